The third-order valence-electron chi connectivity index (χ3n) is 3.96. The minimum atomic E-state index is 0.538. The Morgan fingerprint density at radius 1 is 0.714 bits per heavy atom. The molecule has 0 heterocycles. The van der Waals surface area contributed by atoms with Crippen molar-refractivity contribution in [3.8, 4) is 0 Å². The van der Waals surface area contributed by atoms with E-state index >= 15 is 0 Å². The van der Waals surface area contributed by atoms with E-state index in [0.29, 0.717) is 36.9 Å². The number of hydrogen-bond donors (Lipinski definition) is 0. The monoisotopic (exact) mass is 316 g/mol. The van der Waals surface area contributed by atoms with Gasteiger partial charge in [0.2, 0.25) is 0 Å². The molecule has 0 aliphatic rings. The highest BCUT2D eigenvalue weighted by atomic mass is 28.1. The van der Waals surface area contributed by atoms with Crippen LogP contribution in [0, 0.1) is 17.8 Å². The van der Waals surface area contributed by atoms with E-state index in [9.17, 15) is 0 Å². The van der Waals surface area contributed by atoms with Crippen LogP contribution in [-0.4, -0.2) is 30.1 Å². The summed E-state index contributed by atoms with van der Waals surface area (Å²) in [6.45, 7) is 15.3. The average Bonchev–Trinajstić information content (AvgIpc) is 2.51. The van der Waals surface area contributed by atoms with Gasteiger partial charge in [0.1, 0.15) is 5.38 Å². The van der Waals surface area contributed by atoms with Gasteiger partial charge in [0.05, 0.1) is 30.1 Å². The van der Waals surface area contributed by atoms with E-state index in [2.05, 4.69) is 41.5 Å². The highest BCUT2D eigenvalue weighted by molar-refractivity contribution is 6.20. The van der Waals surface area contributed by atoms with Crippen molar-refractivity contribution in [2.45, 2.75) is 60.8 Å². The summed E-state index contributed by atoms with van der Waals surface area (Å²) in [6.07, 6.45) is 3.36. The maximum absolute atomic E-state index is 5.88. The summed E-state index contributed by atoms with van der Waals surface area (Å²) in [7, 11) is 0.811. The topological polar surface area (TPSA) is 27.7 Å². The summed E-state index contributed by atoms with van der Waals surface area (Å²) >= 11 is 0. The first kappa shape index (κ1) is 20.4. The van der Waals surface area contributed by atoms with Gasteiger partial charge >= 0.3 is 5.95 Å². The van der Waals surface area contributed by atoms with Crippen molar-refractivity contribution < 1.29 is 14.2 Å². The molecule has 0 aliphatic carbocycles. The summed E-state index contributed by atoms with van der Waals surface area (Å²) in [5, 5.41) is 0.905. The summed E-state index contributed by atoms with van der Waals surface area (Å²) in [4.78, 5) is 0. The summed E-state index contributed by atoms with van der Waals surface area (Å²) in [5.74, 6) is 2.28. The first-order valence-electron chi connectivity index (χ1n) is 8.53. The maximum Gasteiger partial charge on any atom is 0.312 e. The number of rotatable bonds is 12. The highest BCUT2D eigenvalue weighted by Gasteiger charge is 2.12. The van der Waals surface area contributed by atoms with Crippen molar-refractivity contribution in [1.82, 2.24) is 0 Å². The van der Waals surface area contributed by atoms with Gasteiger partial charge < -0.3 is 14.2 Å². The van der Waals surface area contributed by atoms with Gasteiger partial charge in [-0.2, -0.15) is 0 Å². The van der Waals surface area contributed by atoms with Crippen LogP contribution in [0.15, 0.2) is 11.3 Å². The van der Waals surface area contributed by atoms with Crippen molar-refractivity contribution in [3.63, 3.8) is 0 Å². The maximum atomic E-state index is 5.88. The molecule has 0 aromatic rings. The first-order chi connectivity index (χ1) is 9.94. The Labute approximate surface area is 134 Å². The number of ether oxygens (including phenoxy) is 3. The Hall–Kier alpha value is -0.643. The smallest absolute Gasteiger partial charge is 0.312 e. The molecular weight excluding hydrogens is 280 g/mol. The fourth-order valence-electron chi connectivity index (χ4n) is 1.36. The van der Waals surface area contributed by atoms with E-state index in [1.54, 1.807) is 0 Å². The van der Waals surface area contributed by atoms with Crippen LogP contribution in [0.3, 0.4) is 0 Å². The fraction of sp³-hybridized carbons (Fsp3) is 0.882. The molecule has 0 aromatic carbocycles. The predicted molar refractivity (Wildman–Crippen MR) is 93.2 cm³/mol. The Balaban J connectivity index is 4.57. The summed E-state index contributed by atoms with van der Waals surface area (Å²) < 4.78 is 17.6. The number of hydrogen-bond acceptors (Lipinski definition) is 3. The van der Waals surface area contributed by atoms with Gasteiger partial charge in [-0.1, -0.05) is 60.8 Å². The highest BCUT2D eigenvalue weighted by Crippen LogP contribution is 2.15. The van der Waals surface area contributed by atoms with Crippen LogP contribution >= 0.6 is 0 Å². The third kappa shape index (κ3) is 9.83. The van der Waals surface area contributed by atoms with Crippen LogP contribution in [-0.2, 0) is 14.2 Å². The Morgan fingerprint density at radius 3 is 1.38 bits per heavy atom. The molecule has 3 atom stereocenters. The van der Waals surface area contributed by atoms with Gasteiger partial charge in [0, 0.05) is 0 Å². The molecule has 0 spiro atoms. The molecule has 0 radical (unpaired) electrons. The van der Waals surface area contributed by atoms with E-state index in [1.807, 2.05) is 0 Å². The quantitative estimate of drug-likeness (QED) is 0.406. The van der Waals surface area contributed by atoms with Crippen LogP contribution in [0.5, 0.6) is 0 Å². The van der Waals surface area contributed by atoms with Crippen molar-refractivity contribution >= 4 is 10.2 Å². The Kier molecular flexibility index (Phi) is 11.6. The molecule has 0 saturated heterocycles. The van der Waals surface area contributed by atoms with Gasteiger partial charge in [0.15, 0.2) is 0 Å². The average molecular weight is 317 g/mol. The van der Waals surface area contributed by atoms with E-state index < -0.39 is 0 Å². The molecule has 4 heteroatoms. The van der Waals surface area contributed by atoms with Gasteiger partial charge in [0.25, 0.3) is 0 Å². The summed E-state index contributed by atoms with van der Waals surface area (Å²) in [5.41, 5.74) is 0. The standard InChI is InChI=1S/C17H36O3Si/c1-7-13(4)10-18-16(19-11-14(5)8-2)17(21)20-12-15(6)9-3/h13-15H,7-12H2,1-6,21H3. The molecule has 126 valence electrons. The zero-order chi connectivity index (χ0) is 16.3. The Morgan fingerprint density at radius 2 is 1.05 bits per heavy atom. The minimum absolute atomic E-state index is 0.538. The second-order valence-corrected chi connectivity index (χ2v) is 7.23. The largest absolute Gasteiger partial charge is 0.497 e. The van der Waals surface area contributed by atoms with Gasteiger partial charge in [-0.15, -0.1) is 0 Å². The van der Waals surface area contributed by atoms with Crippen LogP contribution in [0.2, 0.25) is 0 Å². The molecule has 0 fully saturated rings. The van der Waals surface area contributed by atoms with Crippen LogP contribution in [0.25, 0.3) is 0 Å². The summed E-state index contributed by atoms with van der Waals surface area (Å²) in [6, 6.07) is 0. The van der Waals surface area contributed by atoms with Crippen molar-refractivity contribution in [2.24, 2.45) is 17.8 Å². The fourth-order valence-corrected chi connectivity index (χ4v) is 1.82. The van der Waals surface area contributed by atoms with Crippen LogP contribution in [0.4, 0.5) is 0 Å². The molecule has 3 nitrogen and oxygen atoms in total. The zero-order valence-electron chi connectivity index (χ0n) is 15.2. The molecule has 0 amide bonds. The molecule has 0 aromatic heterocycles. The normalized spacial score (nSPS) is 15.1. The van der Waals surface area contributed by atoms with Gasteiger partial charge in [-0.25, -0.2) is 0 Å². The first-order valence-corrected chi connectivity index (χ1v) is 9.53. The lowest BCUT2D eigenvalue weighted by atomic mass is 10.1. The molecule has 0 N–H and O–H groups in total. The van der Waals surface area contributed by atoms with Crippen molar-refractivity contribution in [3.05, 3.63) is 11.3 Å². The predicted octanol–water partition coefficient (Wildman–Crippen LogP) is 3.67. The van der Waals surface area contributed by atoms with E-state index in [0.717, 1.165) is 41.5 Å². The van der Waals surface area contributed by atoms with Crippen molar-refractivity contribution in [2.75, 3.05) is 19.8 Å². The molecule has 0 bridgehead atoms. The lowest BCUT2D eigenvalue weighted by molar-refractivity contribution is -0.00494. The van der Waals surface area contributed by atoms with Crippen molar-refractivity contribution in [1.29, 1.82) is 0 Å². The Bertz CT molecular complexity index is 276. The minimum Gasteiger partial charge on any atom is -0.497 e. The second-order valence-electron chi connectivity index (χ2n) is 6.32. The third-order valence-corrected chi connectivity index (χ3v) is 4.66. The van der Waals surface area contributed by atoms with E-state index in [-0.39, 0.29) is 0 Å². The van der Waals surface area contributed by atoms with Gasteiger partial charge in [-0.3, -0.25) is 0 Å². The molecule has 0 saturated carbocycles. The SMILES string of the molecule is CCC(C)COC([SiH3])=C(OCC(C)CC)OCC(C)CC. The second kappa shape index (κ2) is 12.0. The van der Waals surface area contributed by atoms with E-state index in [1.165, 1.54) is 0 Å². The van der Waals surface area contributed by atoms with Crippen LogP contribution < -0.4 is 0 Å². The van der Waals surface area contributed by atoms with Crippen LogP contribution in [0.1, 0.15) is 60.8 Å². The zero-order valence-corrected chi connectivity index (χ0v) is 17.2. The molecule has 0 rings (SSSR count). The lowest BCUT2D eigenvalue weighted by Gasteiger charge is -2.20. The van der Waals surface area contributed by atoms with E-state index in [4.69, 9.17) is 14.2 Å². The van der Waals surface area contributed by atoms with Gasteiger partial charge in [-0.05, 0) is 17.8 Å². The lowest BCUT2D eigenvalue weighted by Crippen LogP contribution is -2.14. The molecule has 21 heavy (non-hydrogen) atoms. The molecular formula is C17H36O3Si. The molecule has 3 unspecified atom stereocenters. The molecule has 0 aliphatic heterocycles.